The van der Waals surface area contributed by atoms with Crippen molar-refractivity contribution in [2.24, 2.45) is 0 Å². The van der Waals surface area contributed by atoms with Gasteiger partial charge >= 0.3 is 0 Å². The summed E-state index contributed by atoms with van der Waals surface area (Å²) in [4.78, 5) is 28.6. The molecule has 3 rings (SSSR count). The first-order valence-corrected chi connectivity index (χ1v) is 6.87. The molecule has 108 valence electrons. The second kappa shape index (κ2) is 5.40. The fourth-order valence-corrected chi connectivity index (χ4v) is 2.09. The summed E-state index contributed by atoms with van der Waals surface area (Å²) in [7, 11) is 0. The Kier molecular flexibility index (Phi) is 3.43. The molecule has 0 atom stereocenters. The third kappa shape index (κ3) is 2.65. The SMILES string of the molecule is C=CCNC(=O)c1nc(C(=O)NC2CC2)c2ccccn12. The van der Waals surface area contributed by atoms with E-state index in [-0.39, 0.29) is 29.4 Å². The van der Waals surface area contributed by atoms with Crippen LogP contribution in [0.25, 0.3) is 5.52 Å². The van der Waals surface area contributed by atoms with E-state index < -0.39 is 0 Å². The van der Waals surface area contributed by atoms with Crippen molar-refractivity contribution in [2.75, 3.05) is 6.54 Å². The molecule has 1 fully saturated rings. The molecule has 0 unspecified atom stereocenters. The lowest BCUT2D eigenvalue weighted by molar-refractivity contribution is 0.0946. The number of nitrogens with zero attached hydrogens (tertiary/aromatic N) is 2. The Hall–Kier alpha value is -2.63. The number of fused-ring (bicyclic) bond motifs is 1. The molecule has 1 aliphatic carbocycles. The summed E-state index contributed by atoms with van der Waals surface area (Å²) in [6.07, 6.45) is 5.32. The van der Waals surface area contributed by atoms with E-state index in [4.69, 9.17) is 0 Å². The normalized spacial score (nSPS) is 13.9. The number of hydrogen-bond donors (Lipinski definition) is 2. The first kappa shape index (κ1) is 13.4. The average molecular weight is 284 g/mol. The van der Waals surface area contributed by atoms with Crippen molar-refractivity contribution in [2.45, 2.75) is 18.9 Å². The smallest absolute Gasteiger partial charge is 0.287 e. The minimum Gasteiger partial charge on any atom is -0.348 e. The van der Waals surface area contributed by atoms with E-state index in [1.54, 1.807) is 28.8 Å². The molecule has 6 nitrogen and oxygen atoms in total. The third-order valence-electron chi connectivity index (χ3n) is 3.29. The molecule has 1 aliphatic rings. The van der Waals surface area contributed by atoms with Crippen LogP contribution in [0.15, 0.2) is 37.1 Å². The van der Waals surface area contributed by atoms with E-state index in [1.165, 1.54) is 0 Å². The maximum absolute atomic E-state index is 12.2. The van der Waals surface area contributed by atoms with Crippen LogP contribution in [0.1, 0.15) is 33.9 Å². The Morgan fingerprint density at radius 1 is 1.38 bits per heavy atom. The van der Waals surface area contributed by atoms with Gasteiger partial charge in [-0.1, -0.05) is 12.1 Å². The summed E-state index contributed by atoms with van der Waals surface area (Å²) in [5.41, 5.74) is 0.908. The molecule has 21 heavy (non-hydrogen) atoms. The van der Waals surface area contributed by atoms with Gasteiger partial charge in [-0.25, -0.2) is 4.98 Å². The van der Waals surface area contributed by atoms with Gasteiger partial charge in [0.25, 0.3) is 11.8 Å². The van der Waals surface area contributed by atoms with Gasteiger partial charge in [0.2, 0.25) is 5.82 Å². The highest BCUT2D eigenvalue weighted by Gasteiger charge is 2.27. The van der Waals surface area contributed by atoms with Crippen LogP contribution in [0.3, 0.4) is 0 Å². The van der Waals surface area contributed by atoms with Crippen LogP contribution in [0.5, 0.6) is 0 Å². The number of pyridine rings is 1. The predicted octanol–water partition coefficient (Wildman–Crippen LogP) is 1.14. The minimum absolute atomic E-state index is 0.202. The number of amides is 2. The number of carbonyl (C=O) groups excluding carboxylic acids is 2. The summed E-state index contributed by atoms with van der Waals surface area (Å²) < 4.78 is 1.63. The van der Waals surface area contributed by atoms with Crippen LogP contribution in [0.4, 0.5) is 0 Å². The highest BCUT2D eigenvalue weighted by atomic mass is 16.2. The lowest BCUT2D eigenvalue weighted by Crippen LogP contribution is -2.27. The molecule has 6 heteroatoms. The van der Waals surface area contributed by atoms with Crippen LogP contribution in [-0.4, -0.2) is 33.8 Å². The number of carbonyl (C=O) groups is 2. The summed E-state index contributed by atoms with van der Waals surface area (Å²) >= 11 is 0. The molecule has 2 heterocycles. The topological polar surface area (TPSA) is 75.5 Å². The Morgan fingerprint density at radius 3 is 2.90 bits per heavy atom. The fourth-order valence-electron chi connectivity index (χ4n) is 2.09. The van der Waals surface area contributed by atoms with Gasteiger partial charge in [0, 0.05) is 18.8 Å². The second-order valence-electron chi connectivity index (χ2n) is 4.99. The molecule has 2 N–H and O–H groups in total. The van der Waals surface area contributed by atoms with Crippen molar-refractivity contribution in [1.29, 1.82) is 0 Å². The van der Waals surface area contributed by atoms with Gasteiger partial charge in [-0.15, -0.1) is 6.58 Å². The number of rotatable bonds is 5. The zero-order valence-corrected chi connectivity index (χ0v) is 11.5. The molecule has 0 aromatic carbocycles. The van der Waals surface area contributed by atoms with Gasteiger partial charge in [-0.2, -0.15) is 0 Å². The zero-order chi connectivity index (χ0) is 14.8. The van der Waals surface area contributed by atoms with Crippen LogP contribution in [0, 0.1) is 0 Å². The Morgan fingerprint density at radius 2 is 2.19 bits per heavy atom. The molecule has 0 aliphatic heterocycles. The van der Waals surface area contributed by atoms with Gasteiger partial charge < -0.3 is 10.6 Å². The van der Waals surface area contributed by atoms with Crippen LogP contribution >= 0.6 is 0 Å². The zero-order valence-electron chi connectivity index (χ0n) is 11.5. The first-order chi connectivity index (χ1) is 10.2. The van der Waals surface area contributed by atoms with Gasteiger partial charge in [0.1, 0.15) is 0 Å². The van der Waals surface area contributed by atoms with Crippen molar-refractivity contribution in [1.82, 2.24) is 20.0 Å². The standard InChI is InChI=1S/C15H16N4O2/c1-2-8-16-15(21)13-18-12(14(20)17-10-6-7-10)11-5-3-4-9-19(11)13/h2-5,9-10H,1,6-8H2,(H,16,21)(H,17,20). The van der Waals surface area contributed by atoms with E-state index in [0.717, 1.165) is 12.8 Å². The van der Waals surface area contributed by atoms with Crippen molar-refractivity contribution >= 4 is 17.3 Å². The van der Waals surface area contributed by atoms with Gasteiger partial charge in [-0.3, -0.25) is 14.0 Å². The molecule has 0 radical (unpaired) electrons. The van der Waals surface area contributed by atoms with Crippen molar-refractivity contribution < 1.29 is 9.59 Å². The van der Waals surface area contributed by atoms with E-state index in [0.29, 0.717) is 12.1 Å². The summed E-state index contributed by atoms with van der Waals surface area (Å²) in [5, 5.41) is 5.57. The lowest BCUT2D eigenvalue weighted by atomic mass is 10.3. The van der Waals surface area contributed by atoms with Crippen molar-refractivity contribution in [3.8, 4) is 0 Å². The predicted molar refractivity (Wildman–Crippen MR) is 78.2 cm³/mol. The molecule has 0 spiro atoms. The monoisotopic (exact) mass is 284 g/mol. The third-order valence-corrected chi connectivity index (χ3v) is 3.29. The van der Waals surface area contributed by atoms with Crippen molar-refractivity contribution in [3.05, 3.63) is 48.6 Å². The van der Waals surface area contributed by atoms with Crippen LogP contribution in [-0.2, 0) is 0 Å². The number of nitrogens with one attached hydrogen (secondary N) is 2. The number of aromatic nitrogens is 2. The summed E-state index contributed by atoms with van der Waals surface area (Å²) in [6.45, 7) is 3.91. The fraction of sp³-hybridized carbons (Fsp3) is 0.267. The van der Waals surface area contributed by atoms with Crippen LogP contribution in [0.2, 0.25) is 0 Å². The minimum atomic E-state index is -0.332. The van der Waals surface area contributed by atoms with Gasteiger partial charge in [0.15, 0.2) is 5.69 Å². The lowest BCUT2D eigenvalue weighted by Gasteiger charge is -2.01. The van der Waals surface area contributed by atoms with E-state index >= 15 is 0 Å². The molecule has 2 amide bonds. The maximum Gasteiger partial charge on any atom is 0.287 e. The highest BCUT2D eigenvalue weighted by molar-refractivity contribution is 6.02. The van der Waals surface area contributed by atoms with Gasteiger partial charge in [-0.05, 0) is 25.0 Å². The molecular weight excluding hydrogens is 268 g/mol. The molecule has 2 aromatic heterocycles. The number of imidazole rings is 1. The molecule has 1 saturated carbocycles. The Balaban J connectivity index is 1.98. The molecule has 2 aromatic rings. The maximum atomic E-state index is 12.2. The van der Waals surface area contributed by atoms with E-state index in [1.807, 2.05) is 6.07 Å². The van der Waals surface area contributed by atoms with Crippen LogP contribution < -0.4 is 10.6 Å². The average Bonchev–Trinajstić information content (AvgIpc) is 3.22. The first-order valence-electron chi connectivity index (χ1n) is 6.87. The van der Waals surface area contributed by atoms with Crippen molar-refractivity contribution in [3.63, 3.8) is 0 Å². The van der Waals surface area contributed by atoms with E-state index in [9.17, 15) is 9.59 Å². The summed E-state index contributed by atoms with van der Waals surface area (Å²) in [6, 6.07) is 5.63. The van der Waals surface area contributed by atoms with E-state index in [2.05, 4.69) is 22.2 Å². The molecular formula is C15H16N4O2. The molecule has 0 saturated heterocycles. The second-order valence-corrected chi connectivity index (χ2v) is 4.99. The largest absolute Gasteiger partial charge is 0.348 e. The quantitative estimate of drug-likeness (QED) is 0.809. The Bertz CT molecular complexity index is 716. The summed E-state index contributed by atoms with van der Waals surface area (Å²) in [5.74, 6) is -0.362. The Labute approximate surface area is 121 Å². The van der Waals surface area contributed by atoms with Gasteiger partial charge in [0.05, 0.1) is 5.52 Å². The molecule has 0 bridgehead atoms. The number of hydrogen-bond acceptors (Lipinski definition) is 3. The highest BCUT2D eigenvalue weighted by Crippen LogP contribution is 2.20.